The number of aliphatic carboxylic acids is 1. The van der Waals surface area contributed by atoms with Gasteiger partial charge in [0.1, 0.15) is 18.5 Å². The molecule has 0 amide bonds. The van der Waals surface area contributed by atoms with Crippen molar-refractivity contribution in [3.05, 3.63) is 60.0 Å². The lowest BCUT2D eigenvalue weighted by Gasteiger charge is -2.16. The van der Waals surface area contributed by atoms with Crippen molar-refractivity contribution in [2.75, 3.05) is 12.8 Å². The summed E-state index contributed by atoms with van der Waals surface area (Å²) in [5.74, 6) is -1.43. The number of nitrogens with zero attached hydrogens (tertiary/aromatic N) is 1. The number of benzene rings is 2. The zero-order valence-electron chi connectivity index (χ0n) is 18.2. The van der Waals surface area contributed by atoms with Crippen molar-refractivity contribution < 1.29 is 28.5 Å². The first-order valence-electron chi connectivity index (χ1n) is 10.6. The number of hydrogen-bond acceptors (Lipinski definition) is 4. The minimum atomic E-state index is -2.14. The fourth-order valence-electron chi connectivity index (χ4n) is 3.99. The molecule has 0 aliphatic rings. The molecule has 2 unspecified atom stereocenters. The first kappa shape index (κ1) is 24.1. The van der Waals surface area contributed by atoms with E-state index in [4.69, 9.17) is 9.63 Å². The molecule has 6 nitrogen and oxygen atoms in total. The molecule has 8 heteroatoms. The highest BCUT2D eigenvalue weighted by Crippen LogP contribution is 2.38. The lowest BCUT2D eigenvalue weighted by Crippen LogP contribution is -2.15. The van der Waals surface area contributed by atoms with E-state index in [1.165, 1.54) is 12.1 Å². The first-order valence-corrected chi connectivity index (χ1v) is 12.0. The molecule has 1 heterocycles. The van der Waals surface area contributed by atoms with Crippen LogP contribution >= 0.6 is 8.03 Å². The molecule has 0 fully saturated rings. The van der Waals surface area contributed by atoms with Crippen molar-refractivity contribution in [2.45, 2.75) is 45.3 Å². The second-order valence-electron chi connectivity index (χ2n) is 8.01. The van der Waals surface area contributed by atoms with Crippen LogP contribution in [0.1, 0.15) is 38.4 Å². The van der Waals surface area contributed by atoms with Crippen molar-refractivity contribution >= 4 is 24.9 Å². The first-order chi connectivity index (χ1) is 15.3. The van der Waals surface area contributed by atoms with Crippen LogP contribution in [0.2, 0.25) is 0 Å². The number of aliphatic hydroxyl groups excluding tert-OH is 1. The predicted octanol–water partition coefficient (Wildman–Crippen LogP) is 5.56. The van der Waals surface area contributed by atoms with Gasteiger partial charge in [-0.05, 0) is 55.0 Å². The lowest BCUT2D eigenvalue weighted by molar-refractivity contribution is -0.138. The molecule has 0 spiro atoms. The summed E-state index contributed by atoms with van der Waals surface area (Å²) in [6.45, 7) is 4.45. The summed E-state index contributed by atoms with van der Waals surface area (Å²) in [6.07, 6.45) is -0.604. The molecular weight excluding hydrogens is 432 g/mol. The molecule has 0 saturated heterocycles. The van der Waals surface area contributed by atoms with Crippen LogP contribution in [-0.4, -0.2) is 39.6 Å². The molecule has 170 valence electrons. The van der Waals surface area contributed by atoms with Gasteiger partial charge < -0.3 is 14.8 Å². The Bertz CT molecular complexity index is 1090. The molecule has 0 radical (unpaired) electrons. The zero-order chi connectivity index (χ0) is 23.3. The summed E-state index contributed by atoms with van der Waals surface area (Å²) in [7, 11) is -2.14. The Kier molecular flexibility index (Phi) is 8.13. The summed E-state index contributed by atoms with van der Waals surface area (Å²) in [4.78, 5) is 10.6. The number of fused-ring (bicyclic) bond motifs is 1. The van der Waals surface area contributed by atoms with E-state index in [0.29, 0.717) is 12.8 Å². The molecule has 2 N–H and O–H groups in total. The van der Waals surface area contributed by atoms with E-state index in [1.807, 2.05) is 12.1 Å². The topological polar surface area (TPSA) is 88.8 Å². The van der Waals surface area contributed by atoms with Crippen LogP contribution in [-0.2, 0) is 20.3 Å². The van der Waals surface area contributed by atoms with Gasteiger partial charge in [0.05, 0.1) is 6.42 Å². The second-order valence-corrected chi connectivity index (χ2v) is 9.30. The largest absolute Gasteiger partial charge is 0.510 e. The minimum Gasteiger partial charge on any atom is -0.481 e. The van der Waals surface area contributed by atoms with Crippen LogP contribution in [0.4, 0.5) is 4.39 Å². The van der Waals surface area contributed by atoms with E-state index in [9.17, 15) is 18.9 Å². The molecule has 3 rings (SSSR count). The van der Waals surface area contributed by atoms with Crippen LogP contribution < -0.4 is 0 Å². The number of carbonyl (C=O) groups is 1. The van der Waals surface area contributed by atoms with Gasteiger partial charge in [0.15, 0.2) is 0 Å². The number of carboxylic acids is 1. The lowest BCUT2D eigenvalue weighted by atomic mass is 10.00. The van der Waals surface area contributed by atoms with Gasteiger partial charge in [0.25, 0.3) is 0 Å². The van der Waals surface area contributed by atoms with Gasteiger partial charge in [-0.1, -0.05) is 30.3 Å². The highest BCUT2D eigenvalue weighted by atomic mass is 31.1. The fraction of sp³-hybridized carbons (Fsp3) is 0.375. The summed E-state index contributed by atoms with van der Waals surface area (Å²) in [5.41, 5.74) is 4.18. The summed E-state index contributed by atoms with van der Waals surface area (Å²) in [6, 6.07) is 14.8. The third-order valence-electron chi connectivity index (χ3n) is 5.22. The van der Waals surface area contributed by atoms with Crippen LogP contribution in [0.5, 0.6) is 0 Å². The number of rotatable bonds is 11. The molecule has 32 heavy (non-hydrogen) atoms. The van der Waals surface area contributed by atoms with Gasteiger partial charge in [0.2, 0.25) is 6.16 Å². The second kappa shape index (κ2) is 10.8. The van der Waals surface area contributed by atoms with Gasteiger partial charge in [0, 0.05) is 28.2 Å². The standard InChI is InChI=1S/C24H27FNO5P/c1-16(2)26-21-7-4-3-6-20(21)24(17-9-11-18(25)12-10-17)22(26)8-5-13-31-32(30)15-19(27)14-23(28)29/h3-4,6-7,9-12,16,19,27H,5,8,13-15H2,1-2H3/p+1. The molecule has 0 aliphatic carbocycles. The normalized spacial score (nSPS) is 13.0. The molecule has 0 aliphatic heterocycles. The van der Waals surface area contributed by atoms with E-state index < -0.39 is 26.5 Å². The average Bonchev–Trinajstić information content (AvgIpc) is 3.05. The predicted molar refractivity (Wildman–Crippen MR) is 123 cm³/mol. The van der Waals surface area contributed by atoms with Crippen LogP contribution in [0.15, 0.2) is 48.5 Å². The Balaban J connectivity index is 1.80. The van der Waals surface area contributed by atoms with Crippen LogP contribution in [0, 0.1) is 5.82 Å². The van der Waals surface area contributed by atoms with Crippen molar-refractivity contribution in [1.82, 2.24) is 4.57 Å². The van der Waals surface area contributed by atoms with Gasteiger partial charge in [-0.3, -0.25) is 4.79 Å². The molecule has 2 atom stereocenters. The number of carboxylic acid groups (broad SMARTS) is 1. The molecule has 1 aromatic heterocycles. The number of aromatic nitrogens is 1. The van der Waals surface area contributed by atoms with Crippen molar-refractivity contribution in [3.8, 4) is 11.1 Å². The summed E-state index contributed by atoms with van der Waals surface area (Å²) < 4.78 is 33.2. The molecule has 0 bridgehead atoms. The zero-order valence-corrected chi connectivity index (χ0v) is 19.1. The van der Waals surface area contributed by atoms with E-state index in [-0.39, 0.29) is 24.6 Å². The molecular formula is C24H28FNO5P+. The van der Waals surface area contributed by atoms with E-state index >= 15 is 0 Å². The number of halogens is 1. The van der Waals surface area contributed by atoms with E-state index in [2.05, 4.69) is 30.5 Å². The third-order valence-corrected chi connectivity index (χ3v) is 6.42. The Hall–Kier alpha value is -2.60. The Labute approximate surface area is 187 Å². The monoisotopic (exact) mass is 460 g/mol. The van der Waals surface area contributed by atoms with E-state index in [0.717, 1.165) is 27.7 Å². The highest BCUT2D eigenvalue weighted by Gasteiger charge is 2.26. The minimum absolute atomic E-state index is 0.200. The quantitative estimate of drug-likeness (QED) is 0.289. The van der Waals surface area contributed by atoms with Crippen LogP contribution in [0.25, 0.3) is 22.0 Å². The van der Waals surface area contributed by atoms with Gasteiger partial charge in [-0.2, -0.15) is 0 Å². The van der Waals surface area contributed by atoms with Crippen molar-refractivity contribution in [1.29, 1.82) is 0 Å². The third kappa shape index (κ3) is 5.80. The van der Waals surface area contributed by atoms with Crippen molar-refractivity contribution in [2.24, 2.45) is 0 Å². The van der Waals surface area contributed by atoms with Crippen molar-refractivity contribution in [3.63, 3.8) is 0 Å². The number of para-hydroxylation sites is 1. The van der Waals surface area contributed by atoms with E-state index in [1.54, 1.807) is 12.1 Å². The maximum Gasteiger partial charge on any atom is 0.510 e. The van der Waals surface area contributed by atoms with Crippen LogP contribution in [0.3, 0.4) is 0 Å². The number of aliphatic hydroxyl groups is 1. The molecule has 0 saturated carbocycles. The maximum atomic E-state index is 13.5. The van der Waals surface area contributed by atoms with Gasteiger partial charge >= 0.3 is 14.0 Å². The average molecular weight is 460 g/mol. The Morgan fingerprint density at radius 2 is 1.84 bits per heavy atom. The summed E-state index contributed by atoms with van der Waals surface area (Å²) >= 11 is 0. The van der Waals surface area contributed by atoms with Gasteiger partial charge in [-0.25, -0.2) is 4.39 Å². The fourth-order valence-corrected chi connectivity index (χ4v) is 4.90. The smallest absolute Gasteiger partial charge is 0.481 e. The maximum absolute atomic E-state index is 13.5. The highest BCUT2D eigenvalue weighted by molar-refractivity contribution is 7.39. The number of hydrogen-bond donors (Lipinski definition) is 2. The Morgan fingerprint density at radius 3 is 2.50 bits per heavy atom. The Morgan fingerprint density at radius 1 is 1.16 bits per heavy atom. The molecule has 3 aromatic rings. The SMILES string of the molecule is CC(C)n1c(CCCO[P+](=O)CC(O)CC(=O)O)c(-c2ccc(F)cc2)c2ccccc21. The molecule has 2 aromatic carbocycles. The summed E-state index contributed by atoms with van der Waals surface area (Å²) in [5, 5.41) is 19.4. The van der Waals surface area contributed by atoms with Gasteiger partial charge in [-0.15, -0.1) is 4.52 Å².